The number of anilines is 2. The normalized spacial score (nSPS) is 21.9. The second-order valence-electron chi connectivity index (χ2n) is 8.91. The molecule has 0 atom stereocenters. The quantitative estimate of drug-likeness (QED) is 0.743. The molecule has 0 unspecified atom stereocenters. The highest BCUT2D eigenvalue weighted by molar-refractivity contribution is 7.88. The first-order chi connectivity index (χ1) is 14.8. The molecular formula is C22H33N5O3S. The van der Waals surface area contributed by atoms with E-state index in [1.807, 2.05) is 32.2 Å². The number of benzene rings is 1. The van der Waals surface area contributed by atoms with Crippen molar-refractivity contribution >= 4 is 32.6 Å². The summed E-state index contributed by atoms with van der Waals surface area (Å²) < 4.78 is 24.9. The van der Waals surface area contributed by atoms with Crippen LogP contribution in [0.3, 0.4) is 0 Å². The molecule has 170 valence electrons. The van der Waals surface area contributed by atoms with Gasteiger partial charge in [-0.05, 0) is 31.7 Å². The fourth-order valence-corrected chi connectivity index (χ4v) is 5.89. The van der Waals surface area contributed by atoms with Gasteiger partial charge >= 0.3 is 0 Å². The van der Waals surface area contributed by atoms with Gasteiger partial charge in [-0.2, -0.15) is 0 Å². The van der Waals surface area contributed by atoms with Crippen molar-refractivity contribution in [2.24, 2.45) is 5.41 Å². The Bertz CT molecular complexity index is 1020. The van der Waals surface area contributed by atoms with Crippen LogP contribution in [0.4, 0.5) is 11.6 Å². The Labute approximate surface area is 184 Å². The first-order valence-corrected chi connectivity index (χ1v) is 13.1. The van der Waals surface area contributed by atoms with Gasteiger partial charge in [0.1, 0.15) is 0 Å². The highest BCUT2D eigenvalue weighted by Gasteiger charge is 2.52. The van der Waals surface area contributed by atoms with Gasteiger partial charge in [0, 0.05) is 49.2 Å². The fraction of sp³-hybridized carbons (Fsp3) is 0.636. The van der Waals surface area contributed by atoms with E-state index >= 15 is 0 Å². The molecule has 2 N–H and O–H groups in total. The van der Waals surface area contributed by atoms with E-state index in [9.17, 15) is 13.5 Å². The van der Waals surface area contributed by atoms with E-state index in [0.717, 1.165) is 55.4 Å². The van der Waals surface area contributed by atoms with Crippen LogP contribution in [0.1, 0.15) is 39.5 Å². The van der Waals surface area contributed by atoms with Crippen LogP contribution >= 0.6 is 0 Å². The zero-order valence-electron chi connectivity index (χ0n) is 18.6. The second kappa shape index (κ2) is 8.52. The zero-order chi connectivity index (χ0) is 22.2. The van der Waals surface area contributed by atoms with Gasteiger partial charge in [0.2, 0.25) is 16.0 Å². The number of para-hydroxylation sites is 1. The Morgan fingerprint density at radius 1 is 1.16 bits per heavy atom. The monoisotopic (exact) mass is 447 g/mol. The molecular weight excluding hydrogens is 414 g/mol. The van der Waals surface area contributed by atoms with E-state index in [2.05, 4.69) is 21.3 Å². The third-order valence-corrected chi connectivity index (χ3v) is 7.88. The lowest BCUT2D eigenvalue weighted by molar-refractivity contribution is -0.0490. The van der Waals surface area contributed by atoms with Crippen LogP contribution in [0.15, 0.2) is 24.4 Å². The van der Waals surface area contributed by atoms with Gasteiger partial charge in [0.25, 0.3) is 0 Å². The van der Waals surface area contributed by atoms with Crippen molar-refractivity contribution in [3.8, 4) is 0 Å². The van der Waals surface area contributed by atoms with Crippen molar-refractivity contribution < 1.29 is 13.5 Å². The van der Waals surface area contributed by atoms with Gasteiger partial charge in [-0.3, -0.25) is 0 Å². The Morgan fingerprint density at radius 3 is 2.45 bits per heavy atom. The third kappa shape index (κ3) is 4.49. The van der Waals surface area contributed by atoms with Gasteiger partial charge in [0.15, 0.2) is 0 Å². The van der Waals surface area contributed by atoms with Crippen LogP contribution < -0.4 is 10.2 Å². The zero-order valence-corrected chi connectivity index (χ0v) is 19.4. The lowest BCUT2D eigenvalue weighted by Crippen LogP contribution is -2.63. The Hall–Kier alpha value is -1.97. The van der Waals surface area contributed by atoms with Crippen molar-refractivity contribution in [1.29, 1.82) is 0 Å². The van der Waals surface area contributed by atoms with E-state index in [1.165, 1.54) is 10.6 Å². The predicted molar refractivity (Wildman–Crippen MR) is 124 cm³/mol. The number of rotatable bonds is 4. The minimum atomic E-state index is -3.12. The Morgan fingerprint density at radius 2 is 1.84 bits per heavy atom. The number of aromatic nitrogens is 2. The van der Waals surface area contributed by atoms with Crippen molar-refractivity contribution in [3.63, 3.8) is 0 Å². The maximum atomic E-state index is 11.7. The van der Waals surface area contributed by atoms with E-state index in [0.29, 0.717) is 24.5 Å². The van der Waals surface area contributed by atoms with E-state index in [1.54, 1.807) is 0 Å². The lowest BCUT2D eigenvalue weighted by Gasteiger charge is -2.58. The molecule has 3 heterocycles. The summed E-state index contributed by atoms with van der Waals surface area (Å²) in [5.74, 6) is 0.594. The van der Waals surface area contributed by atoms with Crippen LogP contribution in [-0.4, -0.2) is 72.4 Å². The number of aliphatic hydroxyl groups excluding tert-OH is 1. The summed E-state index contributed by atoms with van der Waals surface area (Å²) in [6.45, 7) is 6.99. The van der Waals surface area contributed by atoms with Gasteiger partial charge in [-0.25, -0.2) is 22.7 Å². The molecule has 3 aliphatic rings. The number of aliphatic hydroxyl groups is 1. The number of fused-ring (bicyclic) bond motifs is 1. The van der Waals surface area contributed by atoms with Crippen LogP contribution in [0.25, 0.3) is 10.9 Å². The van der Waals surface area contributed by atoms with E-state index in [-0.39, 0.29) is 12.1 Å². The van der Waals surface area contributed by atoms with Crippen LogP contribution in [0, 0.1) is 5.41 Å². The largest absolute Gasteiger partial charge is 0.393 e. The summed E-state index contributed by atoms with van der Waals surface area (Å²) in [5.41, 5.74) is 2.35. The first kappa shape index (κ1) is 22.2. The van der Waals surface area contributed by atoms with Crippen molar-refractivity contribution in [2.75, 3.05) is 42.7 Å². The predicted octanol–water partition coefficient (Wildman–Crippen LogP) is 2.45. The minimum Gasteiger partial charge on any atom is -0.393 e. The highest BCUT2D eigenvalue weighted by Crippen LogP contribution is 2.50. The van der Waals surface area contributed by atoms with Crippen LogP contribution in [-0.2, 0) is 10.0 Å². The van der Waals surface area contributed by atoms with Crippen molar-refractivity contribution in [2.45, 2.75) is 51.7 Å². The van der Waals surface area contributed by atoms with Gasteiger partial charge in [0.05, 0.1) is 23.6 Å². The van der Waals surface area contributed by atoms with Crippen molar-refractivity contribution in [3.05, 3.63) is 24.4 Å². The molecule has 0 bridgehead atoms. The summed E-state index contributed by atoms with van der Waals surface area (Å²) in [6.07, 6.45) is 6.28. The molecule has 2 saturated heterocycles. The molecule has 0 amide bonds. The standard InChI is InChI=1S/C20H27N5O3S.C2H6/c1-29(27,28)25-7-5-15(6-8-25)22-19-21-11-14-3-2-4-17(18(14)23-19)24-12-20(13-24)9-16(26)10-20;1-2/h2-4,11,15-16,26H,5-10,12-13H2,1H3,(H,21,22,23);1-2H3. The molecule has 2 aromatic rings. The summed E-state index contributed by atoms with van der Waals surface area (Å²) in [6, 6.07) is 6.33. The molecule has 1 aromatic carbocycles. The van der Waals surface area contributed by atoms with Crippen molar-refractivity contribution in [1.82, 2.24) is 14.3 Å². The topological polar surface area (TPSA) is 98.7 Å². The summed E-state index contributed by atoms with van der Waals surface area (Å²) in [7, 11) is -3.12. The van der Waals surface area contributed by atoms with Crippen LogP contribution in [0.2, 0.25) is 0 Å². The molecule has 3 fully saturated rings. The molecule has 1 aromatic heterocycles. The molecule has 9 heteroatoms. The third-order valence-electron chi connectivity index (χ3n) is 6.58. The molecule has 31 heavy (non-hydrogen) atoms. The number of nitrogens with zero attached hydrogens (tertiary/aromatic N) is 4. The Kier molecular flexibility index (Phi) is 6.11. The number of hydrogen-bond donors (Lipinski definition) is 2. The summed E-state index contributed by atoms with van der Waals surface area (Å²) in [5, 5.41) is 14.1. The first-order valence-electron chi connectivity index (χ1n) is 11.2. The number of sulfonamides is 1. The summed E-state index contributed by atoms with van der Waals surface area (Å²) >= 11 is 0. The number of piperidine rings is 1. The average molecular weight is 448 g/mol. The van der Waals surface area contributed by atoms with Gasteiger partial charge < -0.3 is 15.3 Å². The number of hydrogen-bond acceptors (Lipinski definition) is 7. The smallest absolute Gasteiger partial charge is 0.223 e. The Balaban J connectivity index is 0.00000112. The molecule has 1 aliphatic carbocycles. The molecule has 8 nitrogen and oxygen atoms in total. The van der Waals surface area contributed by atoms with E-state index in [4.69, 9.17) is 4.98 Å². The molecule has 1 saturated carbocycles. The molecule has 1 spiro atoms. The summed E-state index contributed by atoms with van der Waals surface area (Å²) in [4.78, 5) is 11.6. The van der Waals surface area contributed by atoms with Crippen LogP contribution in [0.5, 0.6) is 0 Å². The molecule has 5 rings (SSSR count). The van der Waals surface area contributed by atoms with E-state index < -0.39 is 10.0 Å². The maximum Gasteiger partial charge on any atom is 0.223 e. The fourth-order valence-electron chi connectivity index (χ4n) is 5.01. The number of nitrogens with one attached hydrogen (secondary N) is 1. The SMILES string of the molecule is CC.CS(=O)(=O)N1CCC(Nc2ncc3cccc(N4CC5(CC(O)C5)C4)c3n2)CC1. The maximum absolute atomic E-state index is 11.7. The molecule has 0 radical (unpaired) electrons. The minimum absolute atomic E-state index is 0.128. The van der Waals surface area contributed by atoms with Gasteiger partial charge in [-0.15, -0.1) is 0 Å². The molecule has 2 aliphatic heterocycles. The lowest BCUT2D eigenvalue weighted by atomic mass is 9.62. The highest BCUT2D eigenvalue weighted by atomic mass is 32.2. The van der Waals surface area contributed by atoms with Gasteiger partial charge in [-0.1, -0.05) is 26.0 Å². The average Bonchev–Trinajstić information content (AvgIpc) is 2.70. The second-order valence-corrected chi connectivity index (χ2v) is 10.9.